The Labute approximate surface area is 170 Å². The molecule has 1 heterocycles. The Kier molecular flexibility index (Phi) is 13.0. The normalized spacial score (nSPS) is 10.9. The van der Waals surface area contributed by atoms with Crippen molar-refractivity contribution in [1.82, 2.24) is 4.98 Å². The second-order valence-electron chi connectivity index (χ2n) is 7.72. The molecular formula is C23H37NO4. The highest BCUT2D eigenvalue weighted by Gasteiger charge is 2.14. The molecule has 0 aliphatic carbocycles. The number of carbonyl (C=O) groups is 2. The van der Waals surface area contributed by atoms with E-state index < -0.39 is 11.9 Å². The molecule has 28 heavy (non-hydrogen) atoms. The molecule has 0 fully saturated rings. The molecule has 0 saturated carbocycles. The van der Waals surface area contributed by atoms with E-state index in [0.717, 1.165) is 12.8 Å². The van der Waals surface area contributed by atoms with E-state index in [1.807, 2.05) is 13.8 Å². The van der Waals surface area contributed by atoms with E-state index in [1.165, 1.54) is 51.4 Å². The number of nitrogens with zero attached hydrogens (tertiary/aromatic N) is 1. The fraction of sp³-hybridized carbons (Fsp3) is 0.696. The molecule has 158 valence electrons. The summed E-state index contributed by atoms with van der Waals surface area (Å²) in [6, 6.07) is 4.72. The smallest absolute Gasteiger partial charge is 0.356 e. The molecule has 1 aromatic rings. The Morgan fingerprint density at radius 3 is 1.86 bits per heavy atom. The van der Waals surface area contributed by atoms with Crippen LogP contribution < -0.4 is 0 Å². The molecule has 0 N–H and O–H groups in total. The van der Waals surface area contributed by atoms with E-state index >= 15 is 0 Å². The van der Waals surface area contributed by atoms with Crippen molar-refractivity contribution in [2.45, 2.75) is 85.0 Å². The van der Waals surface area contributed by atoms with Crippen LogP contribution in [0.3, 0.4) is 0 Å². The lowest BCUT2D eigenvalue weighted by atomic mass is 10.1. The lowest BCUT2D eigenvalue weighted by molar-refractivity contribution is 0.0450. The van der Waals surface area contributed by atoms with Gasteiger partial charge in [-0.15, -0.1) is 0 Å². The molecule has 5 nitrogen and oxygen atoms in total. The van der Waals surface area contributed by atoms with Gasteiger partial charge in [-0.05, 0) is 24.5 Å². The third kappa shape index (κ3) is 11.1. The lowest BCUT2D eigenvalue weighted by Gasteiger charge is -2.08. The van der Waals surface area contributed by atoms with E-state index in [2.05, 4.69) is 11.9 Å². The molecular weight excluding hydrogens is 354 g/mol. The van der Waals surface area contributed by atoms with Crippen molar-refractivity contribution in [3.05, 3.63) is 29.6 Å². The molecule has 0 aliphatic heterocycles. The minimum atomic E-state index is -0.516. The zero-order chi connectivity index (χ0) is 20.6. The fourth-order valence-electron chi connectivity index (χ4n) is 2.81. The summed E-state index contributed by atoms with van der Waals surface area (Å²) in [7, 11) is 0. The number of rotatable bonds is 15. The summed E-state index contributed by atoms with van der Waals surface area (Å²) >= 11 is 0. The Balaban J connectivity index is 2.18. The number of esters is 2. The van der Waals surface area contributed by atoms with E-state index in [0.29, 0.717) is 13.2 Å². The van der Waals surface area contributed by atoms with Gasteiger partial charge in [-0.3, -0.25) is 0 Å². The second-order valence-corrected chi connectivity index (χ2v) is 7.72. The Hall–Kier alpha value is -1.91. The van der Waals surface area contributed by atoms with Crippen molar-refractivity contribution >= 4 is 11.9 Å². The molecule has 0 aliphatic rings. The average molecular weight is 392 g/mol. The lowest BCUT2D eigenvalue weighted by Crippen LogP contribution is -2.15. The summed E-state index contributed by atoms with van der Waals surface area (Å²) in [4.78, 5) is 28.1. The van der Waals surface area contributed by atoms with Crippen LogP contribution in [0.2, 0.25) is 0 Å². The van der Waals surface area contributed by atoms with Gasteiger partial charge in [-0.1, -0.05) is 84.6 Å². The molecule has 1 aromatic heterocycles. The van der Waals surface area contributed by atoms with Gasteiger partial charge in [0.2, 0.25) is 0 Å². The summed E-state index contributed by atoms with van der Waals surface area (Å²) in [5, 5.41) is 0. The zero-order valence-electron chi connectivity index (χ0n) is 17.9. The van der Waals surface area contributed by atoms with Crippen LogP contribution in [0.25, 0.3) is 0 Å². The number of carbonyl (C=O) groups excluding carboxylic acids is 2. The van der Waals surface area contributed by atoms with Crippen LogP contribution in [0.15, 0.2) is 18.2 Å². The first-order chi connectivity index (χ1) is 13.5. The van der Waals surface area contributed by atoms with Gasteiger partial charge < -0.3 is 9.47 Å². The molecule has 0 unspecified atom stereocenters. The number of hydrogen-bond donors (Lipinski definition) is 0. The van der Waals surface area contributed by atoms with Crippen LogP contribution in [0.5, 0.6) is 0 Å². The van der Waals surface area contributed by atoms with Crippen LogP contribution in [0, 0.1) is 5.92 Å². The van der Waals surface area contributed by atoms with Crippen molar-refractivity contribution < 1.29 is 19.1 Å². The molecule has 0 bridgehead atoms. The summed E-state index contributed by atoms with van der Waals surface area (Å²) in [6.45, 7) is 6.87. The highest BCUT2D eigenvalue weighted by molar-refractivity contribution is 5.91. The molecule has 0 aromatic carbocycles. The van der Waals surface area contributed by atoms with Gasteiger partial charge in [0.05, 0.1) is 13.2 Å². The van der Waals surface area contributed by atoms with E-state index in [1.54, 1.807) is 18.2 Å². The Bertz CT molecular complexity index is 571. The summed E-state index contributed by atoms with van der Waals surface area (Å²) in [5.74, 6) is -0.759. The van der Waals surface area contributed by atoms with Crippen LogP contribution in [0.4, 0.5) is 0 Å². The first-order valence-corrected chi connectivity index (χ1v) is 10.9. The van der Waals surface area contributed by atoms with E-state index in [-0.39, 0.29) is 17.3 Å². The number of aromatic nitrogens is 1. The maximum Gasteiger partial charge on any atom is 0.356 e. The monoisotopic (exact) mass is 391 g/mol. The minimum absolute atomic E-state index is 0.133. The molecule has 5 heteroatoms. The molecule has 0 radical (unpaired) electrons. The van der Waals surface area contributed by atoms with Crippen LogP contribution in [-0.4, -0.2) is 30.1 Å². The predicted octanol–water partition coefficient (Wildman–Crippen LogP) is 5.97. The number of unbranched alkanes of at least 4 members (excludes halogenated alkanes) is 9. The average Bonchev–Trinajstić information content (AvgIpc) is 2.70. The van der Waals surface area contributed by atoms with Gasteiger partial charge in [-0.25, -0.2) is 14.6 Å². The van der Waals surface area contributed by atoms with Gasteiger partial charge in [0.1, 0.15) is 11.4 Å². The first-order valence-electron chi connectivity index (χ1n) is 10.9. The highest BCUT2D eigenvalue weighted by atomic mass is 16.5. The van der Waals surface area contributed by atoms with Crippen molar-refractivity contribution in [1.29, 1.82) is 0 Å². The van der Waals surface area contributed by atoms with Crippen molar-refractivity contribution in [2.75, 3.05) is 13.2 Å². The molecule has 1 rings (SSSR count). The highest BCUT2D eigenvalue weighted by Crippen LogP contribution is 2.11. The van der Waals surface area contributed by atoms with Crippen molar-refractivity contribution in [2.24, 2.45) is 5.92 Å². The topological polar surface area (TPSA) is 65.5 Å². The zero-order valence-corrected chi connectivity index (χ0v) is 17.9. The standard InChI is InChI=1S/C23H37NO4/c1-4-5-6-7-8-9-10-11-12-13-17-27-22(25)20-15-14-16-21(24-20)23(26)28-18-19(2)3/h14-16,19H,4-13,17-18H2,1-3H3. The third-order valence-electron chi connectivity index (χ3n) is 4.45. The number of ether oxygens (including phenoxy) is 2. The summed E-state index contributed by atoms with van der Waals surface area (Å²) in [5.41, 5.74) is 0.278. The van der Waals surface area contributed by atoms with Gasteiger partial charge >= 0.3 is 11.9 Å². The van der Waals surface area contributed by atoms with Gasteiger partial charge in [0.25, 0.3) is 0 Å². The fourth-order valence-corrected chi connectivity index (χ4v) is 2.81. The van der Waals surface area contributed by atoms with Crippen molar-refractivity contribution in [3.63, 3.8) is 0 Å². The Morgan fingerprint density at radius 2 is 1.32 bits per heavy atom. The minimum Gasteiger partial charge on any atom is -0.461 e. The number of pyridine rings is 1. The molecule has 0 atom stereocenters. The SMILES string of the molecule is CCCCCCCCCCCCOC(=O)c1cccc(C(=O)OCC(C)C)n1. The molecule has 0 spiro atoms. The van der Waals surface area contributed by atoms with Gasteiger partial charge in [0.15, 0.2) is 0 Å². The molecule has 0 saturated heterocycles. The van der Waals surface area contributed by atoms with E-state index in [4.69, 9.17) is 9.47 Å². The predicted molar refractivity (Wildman–Crippen MR) is 111 cm³/mol. The van der Waals surface area contributed by atoms with Crippen LogP contribution in [0.1, 0.15) is 106 Å². The second kappa shape index (κ2) is 15.1. The van der Waals surface area contributed by atoms with Gasteiger partial charge in [0, 0.05) is 0 Å². The molecule has 0 amide bonds. The summed E-state index contributed by atoms with van der Waals surface area (Å²) in [6.07, 6.45) is 12.3. The maximum atomic E-state index is 12.1. The first kappa shape index (κ1) is 24.1. The van der Waals surface area contributed by atoms with E-state index in [9.17, 15) is 9.59 Å². The van der Waals surface area contributed by atoms with Crippen molar-refractivity contribution in [3.8, 4) is 0 Å². The quantitative estimate of drug-likeness (QED) is 0.272. The largest absolute Gasteiger partial charge is 0.461 e. The van der Waals surface area contributed by atoms with Crippen LogP contribution >= 0.6 is 0 Å². The number of hydrogen-bond acceptors (Lipinski definition) is 5. The van der Waals surface area contributed by atoms with Gasteiger partial charge in [-0.2, -0.15) is 0 Å². The third-order valence-corrected chi connectivity index (χ3v) is 4.45. The van der Waals surface area contributed by atoms with Crippen LogP contribution in [-0.2, 0) is 9.47 Å². The maximum absolute atomic E-state index is 12.1. The summed E-state index contributed by atoms with van der Waals surface area (Å²) < 4.78 is 10.4. The Morgan fingerprint density at radius 1 is 0.821 bits per heavy atom.